The van der Waals surface area contributed by atoms with E-state index in [4.69, 9.17) is 4.74 Å². The number of benzene rings is 1. The van der Waals surface area contributed by atoms with Crippen LogP contribution in [0.3, 0.4) is 0 Å². The fourth-order valence-corrected chi connectivity index (χ4v) is 3.04. The first kappa shape index (κ1) is 11.6. The zero-order valence-electron chi connectivity index (χ0n) is 9.77. The molecule has 0 spiro atoms. The molecular weight excluding hydrogens is 258 g/mol. The van der Waals surface area contributed by atoms with Gasteiger partial charge in [-0.3, -0.25) is 0 Å². The van der Waals surface area contributed by atoms with Crippen LogP contribution >= 0.6 is 11.3 Å². The lowest BCUT2D eigenvalue weighted by Gasteiger charge is -2.38. The van der Waals surface area contributed by atoms with E-state index in [1.54, 1.807) is 7.11 Å². The molecule has 0 aliphatic carbocycles. The van der Waals surface area contributed by atoms with E-state index in [-0.39, 0.29) is 0 Å². The molecule has 6 heteroatoms. The Kier molecular flexibility index (Phi) is 2.81. The van der Waals surface area contributed by atoms with Gasteiger partial charge in [0.25, 0.3) is 0 Å². The van der Waals surface area contributed by atoms with E-state index in [0.717, 1.165) is 21.1 Å². The number of para-hydroxylation sites is 1. The maximum Gasteiger partial charge on any atom is 0.244 e. The lowest BCUT2D eigenvalue weighted by atomic mass is 10.0. The van der Waals surface area contributed by atoms with Crippen molar-refractivity contribution in [3.05, 3.63) is 18.2 Å². The van der Waals surface area contributed by atoms with Crippen LogP contribution in [0.2, 0.25) is 0 Å². The van der Waals surface area contributed by atoms with Crippen molar-refractivity contribution in [3.63, 3.8) is 0 Å². The van der Waals surface area contributed by atoms with Gasteiger partial charge in [0, 0.05) is 13.1 Å². The highest BCUT2D eigenvalue weighted by molar-refractivity contribution is 7.22. The summed E-state index contributed by atoms with van der Waals surface area (Å²) >= 11 is 1.51. The molecule has 0 unspecified atom stereocenters. The van der Waals surface area contributed by atoms with Gasteiger partial charge >= 0.3 is 0 Å². The molecule has 0 amide bonds. The summed E-state index contributed by atoms with van der Waals surface area (Å²) in [7, 11) is 1.60. The van der Waals surface area contributed by atoms with Crippen molar-refractivity contribution in [1.29, 1.82) is 0 Å². The third-order valence-corrected chi connectivity index (χ3v) is 4.21. The molecule has 3 nitrogen and oxygen atoms in total. The molecule has 1 saturated heterocycles. The van der Waals surface area contributed by atoms with Crippen LogP contribution in [0.5, 0.6) is 5.75 Å². The third kappa shape index (κ3) is 1.80. The maximum atomic E-state index is 12.4. The Hall–Kier alpha value is -1.43. The van der Waals surface area contributed by atoms with Gasteiger partial charge in [-0.2, -0.15) is 0 Å². The van der Waals surface area contributed by atoms with Gasteiger partial charge < -0.3 is 9.64 Å². The highest BCUT2D eigenvalue weighted by atomic mass is 32.1. The molecular formula is C12H12F2N2OS. The molecule has 96 valence electrons. The van der Waals surface area contributed by atoms with Crippen LogP contribution in [0.4, 0.5) is 13.9 Å². The van der Waals surface area contributed by atoms with Crippen molar-refractivity contribution in [2.75, 3.05) is 25.1 Å². The number of thiazole rings is 1. The first-order valence-corrected chi connectivity index (χ1v) is 6.47. The molecule has 2 aromatic rings. The number of fused-ring (bicyclic) bond motifs is 1. The molecule has 0 bridgehead atoms. The monoisotopic (exact) mass is 270 g/mol. The Morgan fingerprint density at radius 1 is 1.44 bits per heavy atom. The second-order valence-electron chi connectivity index (χ2n) is 4.30. The van der Waals surface area contributed by atoms with E-state index in [1.165, 1.54) is 11.3 Å². The zero-order chi connectivity index (χ0) is 12.7. The number of anilines is 1. The number of aromatic nitrogens is 1. The van der Waals surface area contributed by atoms with Gasteiger partial charge in [-0.25, -0.2) is 13.8 Å². The average Bonchev–Trinajstić information content (AvgIpc) is 2.69. The first-order valence-electron chi connectivity index (χ1n) is 5.65. The van der Waals surface area contributed by atoms with E-state index in [0.29, 0.717) is 13.1 Å². The maximum absolute atomic E-state index is 12.4. The molecule has 1 aromatic heterocycles. The topological polar surface area (TPSA) is 25.4 Å². The molecule has 18 heavy (non-hydrogen) atoms. The van der Waals surface area contributed by atoms with Gasteiger partial charge in [-0.1, -0.05) is 17.4 Å². The molecule has 0 radical (unpaired) electrons. The van der Waals surface area contributed by atoms with Crippen molar-refractivity contribution in [1.82, 2.24) is 4.98 Å². The first-order chi connectivity index (χ1) is 8.69. The number of hydrogen-bond acceptors (Lipinski definition) is 4. The molecule has 0 saturated carbocycles. The number of hydrogen-bond donors (Lipinski definition) is 0. The number of ether oxygens (including phenoxy) is 1. The van der Waals surface area contributed by atoms with Crippen LogP contribution < -0.4 is 9.64 Å². The normalized spacial score (nSPS) is 16.3. The molecule has 0 N–H and O–H groups in total. The number of nitrogens with zero attached hydrogens (tertiary/aromatic N) is 2. The standard InChI is InChI=1S/C12H12F2N2OS/c1-17-8-3-2-4-9-10(8)15-12(18-9)16-5-7(6-16)11(13)14/h2-4,7,11H,5-6H2,1H3. The van der Waals surface area contributed by atoms with E-state index >= 15 is 0 Å². The van der Waals surface area contributed by atoms with E-state index in [9.17, 15) is 8.78 Å². The van der Waals surface area contributed by atoms with Crippen LogP contribution in [0.1, 0.15) is 0 Å². The quantitative estimate of drug-likeness (QED) is 0.857. The van der Waals surface area contributed by atoms with E-state index < -0.39 is 12.3 Å². The fraction of sp³-hybridized carbons (Fsp3) is 0.417. The molecule has 1 aliphatic rings. The van der Waals surface area contributed by atoms with Crippen molar-refractivity contribution in [2.45, 2.75) is 6.43 Å². The Bertz CT molecular complexity index is 566. The van der Waals surface area contributed by atoms with Gasteiger partial charge in [-0.05, 0) is 12.1 Å². The Labute approximate surface area is 107 Å². The third-order valence-electron chi connectivity index (χ3n) is 3.13. The molecule has 1 fully saturated rings. The summed E-state index contributed by atoms with van der Waals surface area (Å²) in [6.45, 7) is 0.777. The van der Waals surface area contributed by atoms with Crippen molar-refractivity contribution in [3.8, 4) is 5.75 Å². The lowest BCUT2D eigenvalue weighted by Crippen LogP contribution is -2.50. The van der Waals surface area contributed by atoms with Crippen LogP contribution in [-0.4, -0.2) is 31.6 Å². The second kappa shape index (κ2) is 4.35. The second-order valence-corrected chi connectivity index (χ2v) is 5.31. The summed E-state index contributed by atoms with van der Waals surface area (Å²) in [5.41, 5.74) is 0.806. The predicted octanol–water partition coefficient (Wildman–Crippen LogP) is 3.01. The summed E-state index contributed by atoms with van der Waals surface area (Å²) in [5, 5.41) is 0.798. The number of halogens is 2. The van der Waals surface area contributed by atoms with Gasteiger partial charge in [0.1, 0.15) is 11.3 Å². The van der Waals surface area contributed by atoms with E-state index in [2.05, 4.69) is 4.98 Å². The van der Waals surface area contributed by atoms with Crippen molar-refractivity contribution < 1.29 is 13.5 Å². The minimum atomic E-state index is -2.23. The molecule has 2 heterocycles. The van der Waals surface area contributed by atoms with E-state index in [1.807, 2.05) is 23.1 Å². The summed E-state index contributed by atoms with van der Waals surface area (Å²) in [6, 6.07) is 5.72. The molecule has 1 aliphatic heterocycles. The Morgan fingerprint density at radius 2 is 2.22 bits per heavy atom. The predicted molar refractivity (Wildman–Crippen MR) is 67.9 cm³/mol. The molecule has 1 aromatic carbocycles. The van der Waals surface area contributed by atoms with Crippen molar-refractivity contribution >= 4 is 26.7 Å². The van der Waals surface area contributed by atoms with Crippen molar-refractivity contribution in [2.24, 2.45) is 5.92 Å². The number of alkyl halides is 2. The lowest BCUT2D eigenvalue weighted by molar-refractivity contribution is 0.0614. The van der Waals surface area contributed by atoms with Gasteiger partial charge in [0.2, 0.25) is 6.43 Å². The smallest absolute Gasteiger partial charge is 0.244 e. The minimum absolute atomic E-state index is 0.389. The summed E-state index contributed by atoms with van der Waals surface area (Å²) in [4.78, 5) is 6.36. The number of rotatable bonds is 3. The minimum Gasteiger partial charge on any atom is -0.494 e. The average molecular weight is 270 g/mol. The van der Waals surface area contributed by atoms with Crippen LogP contribution in [0.25, 0.3) is 10.2 Å². The van der Waals surface area contributed by atoms with Gasteiger partial charge in [0.15, 0.2) is 5.13 Å². The largest absolute Gasteiger partial charge is 0.494 e. The van der Waals surface area contributed by atoms with Crippen LogP contribution in [0, 0.1) is 5.92 Å². The zero-order valence-corrected chi connectivity index (χ0v) is 10.6. The summed E-state index contributed by atoms with van der Waals surface area (Å²) < 4.78 is 31.1. The Morgan fingerprint density at radius 3 is 2.89 bits per heavy atom. The molecule has 3 rings (SSSR count). The Balaban J connectivity index is 1.87. The summed E-state index contributed by atoms with van der Waals surface area (Å²) in [5.74, 6) is 0.208. The van der Waals surface area contributed by atoms with Gasteiger partial charge in [0.05, 0.1) is 17.7 Å². The van der Waals surface area contributed by atoms with Crippen LogP contribution in [0.15, 0.2) is 18.2 Å². The highest BCUT2D eigenvalue weighted by Crippen LogP contribution is 2.37. The SMILES string of the molecule is COc1cccc2sc(N3CC(C(F)F)C3)nc12. The number of methoxy groups -OCH3 is 1. The summed E-state index contributed by atoms with van der Waals surface area (Å²) in [6.07, 6.45) is -2.23. The van der Waals surface area contributed by atoms with Crippen LogP contribution in [-0.2, 0) is 0 Å². The fourth-order valence-electron chi connectivity index (χ4n) is 2.04. The van der Waals surface area contributed by atoms with Gasteiger partial charge in [-0.15, -0.1) is 0 Å². The molecule has 0 atom stereocenters. The highest BCUT2D eigenvalue weighted by Gasteiger charge is 2.35.